The highest BCUT2D eigenvalue weighted by Crippen LogP contribution is 2.30. The van der Waals surface area contributed by atoms with Gasteiger partial charge in [0.2, 0.25) is 5.91 Å². The van der Waals surface area contributed by atoms with Gasteiger partial charge < -0.3 is 65.1 Å². The van der Waals surface area contributed by atoms with Gasteiger partial charge in [-0.05, 0) is 19.3 Å². The number of hydrogen-bond donors (Lipinski definition) is 9. The van der Waals surface area contributed by atoms with Gasteiger partial charge in [0.05, 0.1) is 32.0 Å². The van der Waals surface area contributed by atoms with Crippen LogP contribution in [-0.4, -0.2) is 140 Å². The summed E-state index contributed by atoms with van der Waals surface area (Å²) in [6.45, 7) is 2.79. The molecule has 0 bridgehead atoms. The van der Waals surface area contributed by atoms with Crippen molar-refractivity contribution in [1.82, 2.24) is 5.32 Å². The van der Waals surface area contributed by atoms with Crippen molar-refractivity contribution in [3.63, 3.8) is 0 Å². The van der Waals surface area contributed by atoms with Crippen molar-refractivity contribution in [2.45, 2.75) is 370 Å². The average Bonchev–Trinajstić information content (AvgIpc) is 3.47. The predicted octanol–water partition coefficient (Wildman–Crippen LogP) is 12.2. The second-order valence-corrected chi connectivity index (χ2v) is 23.6. The first-order valence-electron chi connectivity index (χ1n) is 32.9. The molecule has 0 aromatic rings. The second kappa shape index (κ2) is 50.3. The molecule has 0 radical (unpaired) electrons. The third kappa shape index (κ3) is 35.0. The van der Waals surface area contributed by atoms with E-state index in [0.717, 1.165) is 38.5 Å². The molecule has 1 amide bonds. The molecule has 12 atom stereocenters. The van der Waals surface area contributed by atoms with Crippen molar-refractivity contribution >= 4 is 5.91 Å². The lowest BCUT2D eigenvalue weighted by molar-refractivity contribution is -0.359. The van der Waals surface area contributed by atoms with Crippen LogP contribution in [0.15, 0.2) is 12.2 Å². The minimum Gasteiger partial charge on any atom is -0.394 e. The van der Waals surface area contributed by atoms with Crippen molar-refractivity contribution in [2.75, 3.05) is 19.8 Å². The number of hydrogen-bond acceptors (Lipinski definition) is 13. The van der Waals surface area contributed by atoms with Crippen molar-refractivity contribution in [2.24, 2.45) is 0 Å². The van der Waals surface area contributed by atoms with Crippen LogP contribution in [0.4, 0.5) is 0 Å². The molecule has 2 rings (SSSR count). The molecule has 4 unspecified atom stereocenters. The molecule has 14 nitrogen and oxygen atoms in total. The first-order chi connectivity index (χ1) is 38.1. The molecule has 0 aromatic carbocycles. The van der Waals surface area contributed by atoms with Gasteiger partial charge in [0.15, 0.2) is 12.6 Å². The van der Waals surface area contributed by atoms with E-state index in [0.29, 0.717) is 6.42 Å². The van der Waals surface area contributed by atoms with Crippen LogP contribution in [0.25, 0.3) is 0 Å². The number of rotatable bonds is 54. The molecule has 2 heterocycles. The fourth-order valence-electron chi connectivity index (χ4n) is 11.2. The molecule has 0 aromatic heterocycles. The number of ether oxygens (including phenoxy) is 4. The molecular formula is C64H123NO13. The Morgan fingerprint density at radius 1 is 0.449 bits per heavy atom. The average molecular weight is 1110 g/mol. The maximum absolute atomic E-state index is 13.2. The van der Waals surface area contributed by atoms with Crippen LogP contribution in [0.2, 0.25) is 0 Å². The summed E-state index contributed by atoms with van der Waals surface area (Å²) in [7, 11) is 0. The van der Waals surface area contributed by atoms with Crippen LogP contribution in [0.5, 0.6) is 0 Å². The molecule has 14 heteroatoms. The van der Waals surface area contributed by atoms with Gasteiger partial charge in [-0.25, -0.2) is 0 Å². The monoisotopic (exact) mass is 1110 g/mol. The fourth-order valence-corrected chi connectivity index (χ4v) is 11.2. The van der Waals surface area contributed by atoms with Crippen LogP contribution in [0.3, 0.4) is 0 Å². The molecule has 0 saturated carbocycles. The first-order valence-corrected chi connectivity index (χ1v) is 32.9. The van der Waals surface area contributed by atoms with Gasteiger partial charge in [-0.1, -0.05) is 283 Å². The molecule has 0 spiro atoms. The molecule has 2 fully saturated rings. The lowest BCUT2D eigenvalue weighted by atomic mass is 9.97. The highest BCUT2D eigenvalue weighted by Gasteiger charge is 2.51. The Morgan fingerprint density at radius 2 is 0.795 bits per heavy atom. The quantitative estimate of drug-likeness (QED) is 0.0204. The summed E-state index contributed by atoms with van der Waals surface area (Å²) >= 11 is 0. The van der Waals surface area contributed by atoms with Gasteiger partial charge >= 0.3 is 0 Å². The Labute approximate surface area is 476 Å². The fraction of sp³-hybridized carbons (Fsp3) is 0.953. The zero-order valence-corrected chi connectivity index (χ0v) is 49.9. The Balaban J connectivity index is 1.54. The topological polar surface area (TPSA) is 228 Å². The predicted molar refractivity (Wildman–Crippen MR) is 314 cm³/mol. The molecule has 2 saturated heterocycles. The summed E-state index contributed by atoms with van der Waals surface area (Å²) in [4.78, 5) is 13.2. The molecule has 78 heavy (non-hydrogen) atoms. The normalized spacial score (nSPS) is 24.5. The molecule has 9 N–H and O–H groups in total. The van der Waals surface area contributed by atoms with E-state index < -0.39 is 86.8 Å². The summed E-state index contributed by atoms with van der Waals surface area (Å²) in [5.74, 6) is -0.236. The SMILES string of the molecule is CCCCCCCCC/C=C/[C@@H](O)[C@H](CO[C@@H]1O[C@H](CO)[C@@H](O[C@@H]2O[C@H](CO)[C@H](O)C(O)C2O)C(O)C1O)NC(=O)CCCCCCCCCCCCCCCCCCCCCCCCCCCCCCCCCCCCC. The molecule has 462 valence electrons. The zero-order valence-electron chi connectivity index (χ0n) is 49.9. The molecule has 0 aliphatic carbocycles. The highest BCUT2D eigenvalue weighted by molar-refractivity contribution is 5.76. The first kappa shape index (κ1) is 72.8. The summed E-state index contributed by atoms with van der Waals surface area (Å²) < 4.78 is 22.7. The maximum Gasteiger partial charge on any atom is 0.220 e. The Morgan fingerprint density at radius 3 is 1.18 bits per heavy atom. The van der Waals surface area contributed by atoms with Gasteiger partial charge in [-0.3, -0.25) is 4.79 Å². The maximum atomic E-state index is 13.2. The van der Waals surface area contributed by atoms with Gasteiger partial charge in [0, 0.05) is 6.42 Å². The van der Waals surface area contributed by atoms with E-state index in [1.807, 2.05) is 6.08 Å². The lowest BCUT2D eigenvalue weighted by Gasteiger charge is -2.46. The number of nitrogens with one attached hydrogen (secondary N) is 1. The molecule has 2 aliphatic rings. The van der Waals surface area contributed by atoms with Crippen LogP contribution in [-0.2, 0) is 23.7 Å². The summed E-state index contributed by atoms with van der Waals surface area (Å²) in [6, 6.07) is -0.908. The van der Waals surface area contributed by atoms with Crippen molar-refractivity contribution < 1.29 is 64.6 Å². The lowest BCUT2D eigenvalue weighted by Crippen LogP contribution is -2.65. The van der Waals surface area contributed by atoms with Gasteiger partial charge in [0.25, 0.3) is 0 Å². The number of carbonyl (C=O) groups is 1. The number of unbranched alkanes of at least 4 members (excludes halogenated alkanes) is 41. The number of carbonyl (C=O) groups excluding carboxylic acids is 1. The van der Waals surface area contributed by atoms with Crippen LogP contribution in [0, 0.1) is 0 Å². The smallest absolute Gasteiger partial charge is 0.220 e. The summed E-state index contributed by atoms with van der Waals surface area (Å²) in [6.07, 6.45) is 43.2. The molecule has 2 aliphatic heterocycles. The largest absolute Gasteiger partial charge is 0.394 e. The van der Waals surface area contributed by atoms with Crippen molar-refractivity contribution in [3.8, 4) is 0 Å². The van der Waals surface area contributed by atoms with Gasteiger partial charge in [0.1, 0.15) is 48.8 Å². The standard InChI is InChI=1S/C64H123NO13/c1-3-5-7-9-11-13-14-15-16-17-18-19-20-21-22-23-24-25-26-27-28-29-30-31-32-33-34-35-36-37-38-40-42-44-46-48-56(69)65-52(53(68)47-45-43-41-39-12-10-8-6-4-2)51-75-63-61(74)59(72)62(55(50-67)77-63)78-64-60(73)58(71)57(70)54(49-66)76-64/h45,47,52-55,57-64,66-68,70-74H,3-44,46,48-51H2,1-2H3,(H,65,69)/b47-45+/t52-,53+,54+,55+,57-,58?,59?,60?,61?,62+,63+,64-/m0/s1. The van der Waals surface area contributed by atoms with Gasteiger partial charge in [-0.2, -0.15) is 0 Å². The van der Waals surface area contributed by atoms with Crippen molar-refractivity contribution in [3.05, 3.63) is 12.2 Å². The number of amides is 1. The third-order valence-corrected chi connectivity index (χ3v) is 16.5. The zero-order chi connectivity index (χ0) is 56.7. The van der Waals surface area contributed by atoms with E-state index in [9.17, 15) is 45.6 Å². The van der Waals surface area contributed by atoms with Crippen LogP contribution in [0.1, 0.15) is 296 Å². The van der Waals surface area contributed by atoms with E-state index in [-0.39, 0.29) is 18.9 Å². The number of aliphatic hydroxyl groups excluding tert-OH is 8. The minimum absolute atomic E-state index is 0.236. The Hall–Kier alpha value is -1.27. The minimum atomic E-state index is -1.78. The van der Waals surface area contributed by atoms with Crippen LogP contribution >= 0.6 is 0 Å². The molecular weight excluding hydrogens is 991 g/mol. The second-order valence-electron chi connectivity index (χ2n) is 23.6. The number of allylic oxidation sites excluding steroid dienone is 1. The summed E-state index contributed by atoms with van der Waals surface area (Å²) in [5, 5.41) is 86.9. The van der Waals surface area contributed by atoms with E-state index in [1.54, 1.807) is 6.08 Å². The van der Waals surface area contributed by atoms with Crippen molar-refractivity contribution in [1.29, 1.82) is 0 Å². The Kier molecular flexibility index (Phi) is 46.9. The highest BCUT2D eigenvalue weighted by atomic mass is 16.7. The summed E-state index contributed by atoms with van der Waals surface area (Å²) in [5.41, 5.74) is 0. The van der Waals surface area contributed by atoms with Gasteiger partial charge in [-0.15, -0.1) is 0 Å². The van der Waals surface area contributed by atoms with E-state index in [4.69, 9.17) is 18.9 Å². The van der Waals surface area contributed by atoms with Crippen LogP contribution < -0.4 is 5.32 Å². The van der Waals surface area contributed by atoms with E-state index in [1.165, 1.54) is 231 Å². The number of aliphatic hydroxyl groups is 8. The van der Waals surface area contributed by atoms with E-state index >= 15 is 0 Å². The Bertz CT molecular complexity index is 1360. The third-order valence-electron chi connectivity index (χ3n) is 16.5. The van der Waals surface area contributed by atoms with E-state index in [2.05, 4.69) is 19.2 Å².